The number of aryl methyl sites for hydroxylation is 1. The molecule has 1 atom stereocenters. The van der Waals surface area contributed by atoms with E-state index in [-0.39, 0.29) is 12.5 Å². The van der Waals surface area contributed by atoms with Crippen LogP contribution in [0.15, 0.2) is 10.6 Å². The van der Waals surface area contributed by atoms with Crippen LogP contribution < -0.4 is 5.32 Å². The van der Waals surface area contributed by atoms with Crippen molar-refractivity contribution in [1.82, 2.24) is 5.16 Å². The van der Waals surface area contributed by atoms with Crippen molar-refractivity contribution < 1.29 is 24.0 Å². The van der Waals surface area contributed by atoms with Crippen LogP contribution in [0.5, 0.6) is 0 Å². The molecular weight excluding hydrogens is 216 g/mol. The van der Waals surface area contributed by atoms with E-state index in [1.807, 2.05) is 0 Å². The van der Waals surface area contributed by atoms with Crippen LogP contribution in [0.25, 0.3) is 0 Å². The molecule has 0 aliphatic heterocycles. The highest BCUT2D eigenvalue weighted by atomic mass is 16.5. The lowest BCUT2D eigenvalue weighted by Gasteiger charge is -2.07. The number of carbonyl (C=O) groups excluding carboxylic acids is 1. The number of aliphatic carboxylic acids is 1. The number of nitrogens with one attached hydrogen (secondary N) is 1. The van der Waals surface area contributed by atoms with Crippen molar-refractivity contribution in [3.05, 3.63) is 11.8 Å². The van der Waals surface area contributed by atoms with E-state index < -0.39 is 18.0 Å². The predicted octanol–water partition coefficient (Wildman–Crippen LogP) is 0.411. The average molecular weight is 228 g/mol. The van der Waals surface area contributed by atoms with E-state index in [1.54, 1.807) is 13.0 Å². The number of nitrogens with zero attached hydrogens (tertiary/aromatic N) is 1. The van der Waals surface area contributed by atoms with Crippen molar-refractivity contribution in [2.45, 2.75) is 20.0 Å². The third kappa shape index (κ3) is 3.70. The van der Waals surface area contributed by atoms with Gasteiger partial charge >= 0.3 is 5.97 Å². The van der Waals surface area contributed by atoms with Crippen LogP contribution in [-0.2, 0) is 14.3 Å². The van der Waals surface area contributed by atoms with Crippen LogP contribution in [0.2, 0.25) is 0 Å². The van der Waals surface area contributed by atoms with Gasteiger partial charge in [-0.3, -0.25) is 10.1 Å². The van der Waals surface area contributed by atoms with Gasteiger partial charge in [0.25, 0.3) is 5.91 Å². The molecule has 1 heterocycles. The lowest BCUT2D eigenvalue weighted by Crippen LogP contribution is -2.26. The lowest BCUT2D eigenvalue weighted by atomic mass is 10.4. The van der Waals surface area contributed by atoms with Crippen molar-refractivity contribution in [3.63, 3.8) is 0 Å². The first-order valence-corrected chi connectivity index (χ1v) is 4.56. The summed E-state index contributed by atoms with van der Waals surface area (Å²) in [5.74, 6) is -1.42. The molecule has 0 aliphatic carbocycles. The smallest absolute Gasteiger partial charge is 0.332 e. The molecule has 0 fully saturated rings. The average Bonchev–Trinajstić information content (AvgIpc) is 2.60. The number of rotatable bonds is 5. The highest BCUT2D eigenvalue weighted by Gasteiger charge is 2.14. The summed E-state index contributed by atoms with van der Waals surface area (Å²) in [6.07, 6.45) is -1.03. The van der Waals surface area contributed by atoms with Gasteiger partial charge in [-0.15, -0.1) is 0 Å². The van der Waals surface area contributed by atoms with Crippen molar-refractivity contribution in [3.8, 4) is 0 Å². The highest BCUT2D eigenvalue weighted by Crippen LogP contribution is 2.07. The van der Waals surface area contributed by atoms with Crippen molar-refractivity contribution in [1.29, 1.82) is 0 Å². The number of carboxylic acid groups (broad SMARTS) is 1. The quantitative estimate of drug-likeness (QED) is 0.756. The Kier molecular flexibility index (Phi) is 4.01. The second kappa shape index (κ2) is 5.26. The molecule has 88 valence electrons. The molecule has 0 aliphatic rings. The van der Waals surface area contributed by atoms with Crippen molar-refractivity contribution in [2.75, 3.05) is 11.9 Å². The van der Waals surface area contributed by atoms with Crippen LogP contribution in [0.3, 0.4) is 0 Å². The van der Waals surface area contributed by atoms with Crippen molar-refractivity contribution in [2.24, 2.45) is 0 Å². The fraction of sp³-hybridized carbons (Fsp3) is 0.444. The van der Waals surface area contributed by atoms with Crippen LogP contribution in [0.4, 0.5) is 5.88 Å². The zero-order chi connectivity index (χ0) is 12.1. The van der Waals surface area contributed by atoms with Gasteiger partial charge in [0.05, 0.1) is 5.69 Å². The Labute approximate surface area is 91.4 Å². The van der Waals surface area contributed by atoms with Crippen molar-refractivity contribution >= 4 is 17.8 Å². The maximum atomic E-state index is 11.2. The third-order valence-corrected chi connectivity index (χ3v) is 1.70. The molecule has 1 aromatic heterocycles. The molecule has 1 rings (SSSR count). The molecule has 7 nitrogen and oxygen atoms in total. The third-order valence-electron chi connectivity index (χ3n) is 1.70. The van der Waals surface area contributed by atoms with Gasteiger partial charge in [-0.25, -0.2) is 4.79 Å². The van der Waals surface area contributed by atoms with E-state index >= 15 is 0 Å². The predicted molar refractivity (Wildman–Crippen MR) is 52.9 cm³/mol. The molecule has 7 heteroatoms. The minimum Gasteiger partial charge on any atom is -0.479 e. The SMILES string of the molecule is Cc1cc(NC(=O)COC(C)C(=O)O)on1. The molecule has 2 N–H and O–H groups in total. The number of anilines is 1. The molecule has 1 aromatic rings. The lowest BCUT2D eigenvalue weighted by molar-refractivity contribution is -0.150. The first-order valence-electron chi connectivity index (χ1n) is 4.56. The summed E-state index contributed by atoms with van der Waals surface area (Å²) in [5.41, 5.74) is 0.634. The van der Waals surface area contributed by atoms with Gasteiger partial charge in [-0.1, -0.05) is 5.16 Å². The van der Waals surface area contributed by atoms with Gasteiger partial charge in [0.1, 0.15) is 6.61 Å². The van der Waals surface area contributed by atoms with Gasteiger partial charge in [0, 0.05) is 6.07 Å². The van der Waals surface area contributed by atoms with Gasteiger partial charge in [0.2, 0.25) is 5.88 Å². The van der Waals surface area contributed by atoms with E-state index in [1.165, 1.54) is 6.92 Å². The molecule has 0 spiro atoms. The molecule has 0 bridgehead atoms. The Bertz CT molecular complexity index is 387. The highest BCUT2D eigenvalue weighted by molar-refractivity contribution is 5.90. The Balaban J connectivity index is 2.34. The summed E-state index contributed by atoms with van der Waals surface area (Å²) in [4.78, 5) is 21.6. The largest absolute Gasteiger partial charge is 0.479 e. The summed E-state index contributed by atoms with van der Waals surface area (Å²) in [6, 6.07) is 1.54. The van der Waals surface area contributed by atoms with Gasteiger partial charge in [0.15, 0.2) is 6.10 Å². The molecule has 0 saturated heterocycles. The van der Waals surface area contributed by atoms with E-state index in [0.717, 1.165) is 0 Å². The number of carbonyl (C=O) groups is 2. The second-order valence-corrected chi connectivity index (χ2v) is 3.17. The van der Waals surface area contributed by atoms with E-state index in [0.29, 0.717) is 5.69 Å². The van der Waals surface area contributed by atoms with E-state index in [9.17, 15) is 9.59 Å². The minimum atomic E-state index is -1.12. The zero-order valence-electron chi connectivity index (χ0n) is 8.89. The summed E-state index contributed by atoms with van der Waals surface area (Å²) in [7, 11) is 0. The Morgan fingerprint density at radius 1 is 1.69 bits per heavy atom. The molecule has 1 amide bonds. The van der Waals surface area contributed by atoms with Crippen LogP contribution in [-0.4, -0.2) is 34.9 Å². The summed E-state index contributed by atoms with van der Waals surface area (Å²) in [5, 5.41) is 14.4. The monoisotopic (exact) mass is 228 g/mol. The standard InChI is InChI=1S/C9H12N2O5/c1-5-3-8(16-11-5)10-7(12)4-15-6(2)9(13)14/h3,6H,4H2,1-2H3,(H,10,12)(H,13,14). The summed E-state index contributed by atoms with van der Waals surface area (Å²) in [6.45, 7) is 2.70. The van der Waals surface area contributed by atoms with Crippen LogP contribution >= 0.6 is 0 Å². The minimum absolute atomic E-state index is 0.203. The number of aromatic nitrogens is 1. The van der Waals surface area contributed by atoms with E-state index in [4.69, 9.17) is 14.4 Å². The Hall–Kier alpha value is -1.89. The number of hydrogen-bond acceptors (Lipinski definition) is 5. The molecule has 16 heavy (non-hydrogen) atoms. The molecular formula is C9H12N2O5. The number of carboxylic acids is 1. The normalized spacial score (nSPS) is 12.1. The summed E-state index contributed by atoms with van der Waals surface area (Å²) >= 11 is 0. The fourth-order valence-corrected chi connectivity index (χ4v) is 0.868. The second-order valence-electron chi connectivity index (χ2n) is 3.17. The van der Waals surface area contributed by atoms with Crippen LogP contribution in [0, 0.1) is 6.92 Å². The number of ether oxygens (including phenoxy) is 1. The Morgan fingerprint density at radius 3 is 2.88 bits per heavy atom. The number of hydrogen-bond donors (Lipinski definition) is 2. The molecule has 0 saturated carbocycles. The molecule has 1 unspecified atom stereocenters. The van der Waals surface area contributed by atoms with Gasteiger partial charge < -0.3 is 14.4 Å². The first-order chi connectivity index (χ1) is 7.49. The van der Waals surface area contributed by atoms with E-state index in [2.05, 4.69) is 10.5 Å². The fourth-order valence-electron chi connectivity index (χ4n) is 0.868. The summed E-state index contributed by atoms with van der Waals surface area (Å²) < 4.78 is 9.51. The number of amides is 1. The zero-order valence-corrected chi connectivity index (χ0v) is 8.89. The first kappa shape index (κ1) is 12.2. The molecule has 0 radical (unpaired) electrons. The maximum absolute atomic E-state index is 11.2. The maximum Gasteiger partial charge on any atom is 0.332 e. The molecule has 0 aromatic carbocycles. The Morgan fingerprint density at radius 2 is 2.38 bits per heavy atom. The van der Waals surface area contributed by atoms with Gasteiger partial charge in [-0.2, -0.15) is 0 Å². The van der Waals surface area contributed by atoms with Crippen LogP contribution in [0.1, 0.15) is 12.6 Å². The van der Waals surface area contributed by atoms with Gasteiger partial charge in [-0.05, 0) is 13.8 Å². The topological polar surface area (TPSA) is 102 Å².